The van der Waals surface area contributed by atoms with Gasteiger partial charge in [0.15, 0.2) is 0 Å². The molecule has 0 saturated carbocycles. The van der Waals surface area contributed by atoms with E-state index in [0.717, 1.165) is 0 Å². The van der Waals surface area contributed by atoms with Gasteiger partial charge in [0.25, 0.3) is 0 Å². The van der Waals surface area contributed by atoms with Crippen molar-refractivity contribution in [1.82, 2.24) is 0 Å². The molecule has 4 nitrogen and oxygen atoms in total. The molecule has 0 aliphatic rings. The zero-order valence-corrected chi connectivity index (χ0v) is 9.63. The van der Waals surface area contributed by atoms with Crippen molar-refractivity contribution < 1.29 is 14.4 Å². The lowest BCUT2D eigenvalue weighted by atomic mass is 10.3. The zero-order chi connectivity index (χ0) is 11.6. The molecule has 0 heterocycles. The van der Waals surface area contributed by atoms with Crippen LogP contribution in [0.4, 0.5) is 0 Å². The maximum atomic E-state index is 10.2. The van der Waals surface area contributed by atoms with Crippen LogP contribution in [0.25, 0.3) is 0 Å². The van der Waals surface area contributed by atoms with Crippen molar-refractivity contribution in [3.63, 3.8) is 0 Å². The second kappa shape index (κ2) is 8.96. The number of unbranched alkanes of at least 4 members (excludes halogenated alkanes) is 1. The molecular weight excluding hydrogens is 201 g/mol. The number of hydrogen-bond donors (Lipinski definition) is 2. The van der Waals surface area contributed by atoms with Crippen LogP contribution in [0.3, 0.4) is 0 Å². The first kappa shape index (κ1) is 15.8. The predicted octanol–water partition coefficient (Wildman–Crippen LogP) is 2.44. The lowest BCUT2D eigenvalue weighted by Gasteiger charge is -2.01. The summed E-state index contributed by atoms with van der Waals surface area (Å²) < 4.78 is 10.2. The normalized spacial score (nSPS) is 9.64. The predicted molar refractivity (Wildman–Crippen MR) is 56.9 cm³/mol. The van der Waals surface area contributed by atoms with E-state index >= 15 is 0 Å². The Morgan fingerprint density at radius 1 is 1.43 bits per heavy atom. The Bertz CT molecular complexity index is 237. The van der Waals surface area contributed by atoms with Crippen molar-refractivity contribution in [3.8, 4) is 6.07 Å². The molecule has 2 N–H and O–H groups in total. The lowest BCUT2D eigenvalue weighted by Crippen LogP contribution is -1.90. The standard InChI is InChI=1S/C5H8NO3P.C4H10/c1-5(2-3-6)4-10(7,8)9;1-3-4-2/h1-2,4H2,(H2,7,8,9);3-4H2,1-2H3. The summed E-state index contributed by atoms with van der Waals surface area (Å²) in [6.07, 6.45) is 2.26. The van der Waals surface area contributed by atoms with Crippen LogP contribution >= 0.6 is 7.60 Å². The molecule has 0 unspecified atom stereocenters. The van der Waals surface area contributed by atoms with Crippen LogP contribution in [0.15, 0.2) is 12.2 Å². The van der Waals surface area contributed by atoms with Crippen LogP contribution in [0.2, 0.25) is 0 Å². The first-order chi connectivity index (χ1) is 6.37. The first-order valence-corrected chi connectivity index (χ1v) is 6.25. The Kier molecular flexibility index (Phi) is 10.1. The maximum absolute atomic E-state index is 10.2. The molecule has 0 saturated heterocycles. The summed E-state index contributed by atoms with van der Waals surface area (Å²) in [4.78, 5) is 16.7. The second-order valence-corrected chi connectivity index (χ2v) is 4.55. The minimum atomic E-state index is -4.00. The molecule has 0 aliphatic heterocycles. The molecule has 0 fully saturated rings. The highest BCUT2D eigenvalue weighted by Crippen LogP contribution is 2.36. The van der Waals surface area contributed by atoms with E-state index < -0.39 is 7.60 Å². The molecule has 0 amide bonds. The second-order valence-electron chi connectivity index (χ2n) is 2.91. The molecule has 0 spiro atoms. The third-order valence-corrected chi connectivity index (χ3v) is 2.12. The summed E-state index contributed by atoms with van der Waals surface area (Å²) in [7, 11) is -4.00. The van der Waals surface area contributed by atoms with E-state index in [0.29, 0.717) is 0 Å². The minimum Gasteiger partial charge on any atom is -0.324 e. The summed E-state index contributed by atoms with van der Waals surface area (Å²) >= 11 is 0. The summed E-state index contributed by atoms with van der Waals surface area (Å²) in [6.45, 7) is 7.68. The number of nitrogens with zero attached hydrogens (tertiary/aromatic N) is 1. The molecule has 0 rings (SSSR count). The smallest absolute Gasteiger partial charge is 0.324 e. The Morgan fingerprint density at radius 2 is 1.86 bits per heavy atom. The molecule has 0 aromatic rings. The van der Waals surface area contributed by atoms with E-state index in [-0.39, 0.29) is 18.2 Å². The van der Waals surface area contributed by atoms with Crippen molar-refractivity contribution in [2.24, 2.45) is 0 Å². The Balaban J connectivity index is 0. The third-order valence-electron chi connectivity index (χ3n) is 1.26. The van der Waals surface area contributed by atoms with E-state index in [4.69, 9.17) is 15.0 Å². The molecule has 0 aliphatic carbocycles. The quantitative estimate of drug-likeness (QED) is 0.562. The number of allylic oxidation sites excluding steroid dienone is 1. The van der Waals surface area contributed by atoms with Crippen LogP contribution in [0.1, 0.15) is 33.1 Å². The van der Waals surface area contributed by atoms with Gasteiger partial charge in [-0.1, -0.05) is 38.8 Å². The van der Waals surface area contributed by atoms with E-state index in [1.165, 1.54) is 12.8 Å². The molecule has 0 radical (unpaired) electrons. The number of rotatable bonds is 4. The average molecular weight is 219 g/mol. The van der Waals surface area contributed by atoms with Crippen LogP contribution in [0, 0.1) is 11.3 Å². The number of nitriles is 1. The molecular formula is C9H18NO3P. The van der Waals surface area contributed by atoms with Gasteiger partial charge in [0.1, 0.15) is 0 Å². The largest absolute Gasteiger partial charge is 0.329 e. The summed E-state index contributed by atoms with van der Waals surface area (Å²) in [6, 6.07) is 1.75. The lowest BCUT2D eigenvalue weighted by molar-refractivity contribution is 0.376. The summed E-state index contributed by atoms with van der Waals surface area (Å²) in [5.41, 5.74) is 0.274. The summed E-state index contributed by atoms with van der Waals surface area (Å²) in [5.74, 6) is 0. The van der Waals surface area contributed by atoms with Crippen molar-refractivity contribution in [1.29, 1.82) is 5.26 Å². The van der Waals surface area contributed by atoms with Crippen molar-refractivity contribution in [2.45, 2.75) is 33.1 Å². The van der Waals surface area contributed by atoms with Gasteiger partial charge in [0.05, 0.1) is 18.7 Å². The topological polar surface area (TPSA) is 81.3 Å². The van der Waals surface area contributed by atoms with Gasteiger partial charge in [-0.15, -0.1) is 0 Å². The Morgan fingerprint density at radius 3 is 2.07 bits per heavy atom. The maximum Gasteiger partial charge on any atom is 0.329 e. The fraction of sp³-hybridized carbons (Fsp3) is 0.667. The van der Waals surface area contributed by atoms with Crippen LogP contribution in [-0.2, 0) is 4.57 Å². The molecule has 0 aromatic heterocycles. The summed E-state index contributed by atoms with van der Waals surface area (Å²) in [5, 5.41) is 8.07. The molecule has 0 aromatic carbocycles. The molecule has 14 heavy (non-hydrogen) atoms. The fourth-order valence-electron chi connectivity index (χ4n) is 0.459. The van der Waals surface area contributed by atoms with Gasteiger partial charge in [-0.25, -0.2) is 0 Å². The monoisotopic (exact) mass is 219 g/mol. The molecule has 5 heteroatoms. The Labute approximate surface area is 85.4 Å². The minimum absolute atomic E-state index is 0.00507. The SMILES string of the molecule is C=C(CC#N)CP(=O)(O)O.CCCC. The highest BCUT2D eigenvalue weighted by atomic mass is 31.2. The van der Waals surface area contributed by atoms with Gasteiger partial charge >= 0.3 is 7.60 Å². The molecule has 0 atom stereocenters. The van der Waals surface area contributed by atoms with E-state index in [9.17, 15) is 4.57 Å². The van der Waals surface area contributed by atoms with Gasteiger partial charge in [0, 0.05) is 0 Å². The van der Waals surface area contributed by atoms with Gasteiger partial charge < -0.3 is 9.79 Å². The van der Waals surface area contributed by atoms with Crippen LogP contribution in [-0.4, -0.2) is 15.9 Å². The highest BCUT2D eigenvalue weighted by Gasteiger charge is 2.13. The Hall–Kier alpha value is -0.620. The van der Waals surface area contributed by atoms with Gasteiger partial charge in [-0.3, -0.25) is 4.57 Å². The van der Waals surface area contributed by atoms with Crippen molar-refractivity contribution in [3.05, 3.63) is 12.2 Å². The van der Waals surface area contributed by atoms with E-state index in [2.05, 4.69) is 20.4 Å². The van der Waals surface area contributed by atoms with E-state index in [1.807, 2.05) is 0 Å². The van der Waals surface area contributed by atoms with Crippen molar-refractivity contribution >= 4 is 7.60 Å². The van der Waals surface area contributed by atoms with Crippen molar-refractivity contribution in [2.75, 3.05) is 6.16 Å². The van der Waals surface area contributed by atoms with Gasteiger partial charge in [-0.05, 0) is 0 Å². The zero-order valence-electron chi connectivity index (χ0n) is 8.73. The van der Waals surface area contributed by atoms with Crippen LogP contribution in [0.5, 0.6) is 0 Å². The first-order valence-electron chi connectivity index (χ1n) is 4.45. The average Bonchev–Trinajstić information content (AvgIpc) is 2.02. The van der Waals surface area contributed by atoms with Gasteiger partial charge in [-0.2, -0.15) is 5.26 Å². The molecule has 82 valence electrons. The number of hydrogen-bond acceptors (Lipinski definition) is 2. The van der Waals surface area contributed by atoms with Gasteiger partial charge in [0.2, 0.25) is 0 Å². The third kappa shape index (κ3) is 17.5. The van der Waals surface area contributed by atoms with Crippen LogP contribution < -0.4 is 0 Å². The van der Waals surface area contributed by atoms with E-state index in [1.54, 1.807) is 6.07 Å². The highest BCUT2D eigenvalue weighted by molar-refractivity contribution is 7.52. The molecule has 0 bridgehead atoms. The fourth-order valence-corrected chi connectivity index (χ4v) is 1.15.